The lowest BCUT2D eigenvalue weighted by Gasteiger charge is -2.17. The van der Waals surface area contributed by atoms with Crippen molar-refractivity contribution in [1.82, 2.24) is 15.0 Å². The zero-order chi connectivity index (χ0) is 16.9. The van der Waals surface area contributed by atoms with E-state index in [0.29, 0.717) is 29.4 Å². The molecule has 4 nitrogen and oxygen atoms in total. The third-order valence-electron chi connectivity index (χ3n) is 3.60. The highest BCUT2D eigenvalue weighted by Crippen LogP contribution is 2.20. The van der Waals surface area contributed by atoms with Gasteiger partial charge in [0.1, 0.15) is 5.82 Å². The monoisotopic (exact) mass is 343 g/mol. The quantitative estimate of drug-likeness (QED) is 0.595. The molecule has 0 unspecified atom stereocenters. The number of nitrogens with zero attached hydrogens (tertiary/aromatic N) is 3. The van der Waals surface area contributed by atoms with Crippen molar-refractivity contribution in [3.8, 4) is 11.4 Å². The summed E-state index contributed by atoms with van der Waals surface area (Å²) < 4.78 is 19.0. The number of benzene rings is 1. The SMILES string of the molecule is C=CCN(Cc1nc(-c2ccc(C)c(F)c2)no1)Cc1cccs1. The summed E-state index contributed by atoms with van der Waals surface area (Å²) in [6, 6.07) is 9.05. The summed E-state index contributed by atoms with van der Waals surface area (Å²) in [6.07, 6.45) is 1.85. The third-order valence-corrected chi connectivity index (χ3v) is 4.46. The minimum absolute atomic E-state index is 0.273. The van der Waals surface area contributed by atoms with E-state index in [2.05, 4.69) is 33.1 Å². The molecule has 0 saturated carbocycles. The van der Waals surface area contributed by atoms with Gasteiger partial charge < -0.3 is 4.52 Å². The molecule has 0 amide bonds. The largest absolute Gasteiger partial charge is 0.338 e. The predicted octanol–water partition coefficient (Wildman–Crippen LogP) is 4.43. The zero-order valence-electron chi connectivity index (χ0n) is 13.4. The summed E-state index contributed by atoms with van der Waals surface area (Å²) >= 11 is 1.71. The molecule has 0 saturated heterocycles. The summed E-state index contributed by atoms with van der Waals surface area (Å²) in [4.78, 5) is 7.81. The molecule has 124 valence electrons. The van der Waals surface area contributed by atoms with Gasteiger partial charge in [-0.15, -0.1) is 17.9 Å². The normalized spacial score (nSPS) is 11.1. The molecular formula is C18H18FN3OS. The van der Waals surface area contributed by atoms with Gasteiger partial charge in [0.05, 0.1) is 6.54 Å². The van der Waals surface area contributed by atoms with Crippen LogP contribution in [0.15, 0.2) is 52.9 Å². The number of hydrogen-bond acceptors (Lipinski definition) is 5. The molecule has 2 aromatic heterocycles. The van der Waals surface area contributed by atoms with E-state index in [0.717, 1.165) is 13.1 Å². The Morgan fingerprint density at radius 1 is 1.33 bits per heavy atom. The maximum Gasteiger partial charge on any atom is 0.241 e. The number of halogens is 1. The van der Waals surface area contributed by atoms with E-state index in [1.54, 1.807) is 30.4 Å². The number of thiophene rings is 1. The van der Waals surface area contributed by atoms with Crippen LogP contribution in [0.3, 0.4) is 0 Å². The second-order valence-electron chi connectivity index (χ2n) is 5.51. The van der Waals surface area contributed by atoms with Gasteiger partial charge in [-0.05, 0) is 30.0 Å². The molecule has 3 rings (SSSR count). The summed E-state index contributed by atoms with van der Waals surface area (Å²) in [6.45, 7) is 7.54. The van der Waals surface area contributed by atoms with Gasteiger partial charge in [0.15, 0.2) is 0 Å². The number of aryl methyl sites for hydroxylation is 1. The molecular weight excluding hydrogens is 325 g/mol. The van der Waals surface area contributed by atoms with Crippen LogP contribution in [-0.2, 0) is 13.1 Å². The topological polar surface area (TPSA) is 42.2 Å². The predicted molar refractivity (Wildman–Crippen MR) is 93.1 cm³/mol. The molecule has 3 aromatic rings. The first-order valence-corrected chi connectivity index (χ1v) is 8.48. The van der Waals surface area contributed by atoms with Crippen LogP contribution in [0.1, 0.15) is 16.3 Å². The Kier molecular flexibility index (Phi) is 5.17. The third kappa shape index (κ3) is 3.96. The fraction of sp³-hybridized carbons (Fsp3) is 0.222. The Labute approximate surface area is 144 Å². The van der Waals surface area contributed by atoms with Crippen molar-refractivity contribution in [3.05, 3.63) is 70.5 Å². The summed E-state index contributed by atoms with van der Waals surface area (Å²) in [5, 5.41) is 6.02. The molecule has 0 fully saturated rings. The Morgan fingerprint density at radius 2 is 2.21 bits per heavy atom. The highest BCUT2D eigenvalue weighted by molar-refractivity contribution is 7.09. The smallest absolute Gasteiger partial charge is 0.241 e. The first kappa shape index (κ1) is 16.5. The first-order chi connectivity index (χ1) is 11.7. The Bertz CT molecular complexity index is 814. The van der Waals surface area contributed by atoms with Gasteiger partial charge in [-0.3, -0.25) is 4.90 Å². The standard InChI is InChI=1S/C18H18FN3OS/c1-3-8-22(11-15-5-4-9-24-15)12-17-20-18(21-23-17)14-7-6-13(2)16(19)10-14/h3-7,9-10H,1,8,11-12H2,2H3. The van der Waals surface area contributed by atoms with Crippen LogP contribution >= 0.6 is 11.3 Å². The van der Waals surface area contributed by atoms with Crippen LogP contribution in [0.2, 0.25) is 0 Å². The average Bonchev–Trinajstić information content (AvgIpc) is 3.22. The van der Waals surface area contributed by atoms with E-state index in [9.17, 15) is 4.39 Å². The number of aromatic nitrogens is 2. The second kappa shape index (κ2) is 7.51. The van der Waals surface area contributed by atoms with E-state index < -0.39 is 0 Å². The Morgan fingerprint density at radius 3 is 2.92 bits per heavy atom. The molecule has 24 heavy (non-hydrogen) atoms. The lowest BCUT2D eigenvalue weighted by Crippen LogP contribution is -2.22. The van der Waals surface area contributed by atoms with Crippen LogP contribution in [0.25, 0.3) is 11.4 Å². The van der Waals surface area contributed by atoms with Gasteiger partial charge in [-0.25, -0.2) is 4.39 Å². The molecule has 0 N–H and O–H groups in total. The fourth-order valence-corrected chi connectivity index (χ4v) is 3.10. The van der Waals surface area contributed by atoms with Gasteiger partial charge in [0, 0.05) is 23.5 Å². The molecule has 0 bridgehead atoms. The summed E-state index contributed by atoms with van der Waals surface area (Å²) in [5.41, 5.74) is 1.21. The van der Waals surface area contributed by atoms with Crippen molar-refractivity contribution in [1.29, 1.82) is 0 Å². The van der Waals surface area contributed by atoms with Crippen LogP contribution < -0.4 is 0 Å². The van der Waals surface area contributed by atoms with Gasteiger partial charge in [0.25, 0.3) is 0 Å². The van der Waals surface area contributed by atoms with Gasteiger partial charge in [0.2, 0.25) is 11.7 Å². The minimum atomic E-state index is -0.273. The van der Waals surface area contributed by atoms with Crippen molar-refractivity contribution < 1.29 is 8.91 Å². The van der Waals surface area contributed by atoms with Crippen molar-refractivity contribution in [3.63, 3.8) is 0 Å². The molecule has 0 atom stereocenters. The highest BCUT2D eigenvalue weighted by atomic mass is 32.1. The van der Waals surface area contributed by atoms with Crippen molar-refractivity contribution in [2.24, 2.45) is 0 Å². The average molecular weight is 343 g/mol. The first-order valence-electron chi connectivity index (χ1n) is 7.60. The van der Waals surface area contributed by atoms with E-state index in [1.165, 1.54) is 10.9 Å². The Balaban J connectivity index is 1.73. The molecule has 0 spiro atoms. The van der Waals surface area contributed by atoms with E-state index in [4.69, 9.17) is 4.52 Å². The second-order valence-corrected chi connectivity index (χ2v) is 6.55. The van der Waals surface area contributed by atoms with E-state index in [1.807, 2.05) is 12.1 Å². The van der Waals surface area contributed by atoms with Gasteiger partial charge in [-0.2, -0.15) is 4.98 Å². The van der Waals surface area contributed by atoms with Crippen molar-refractivity contribution >= 4 is 11.3 Å². The summed E-state index contributed by atoms with van der Waals surface area (Å²) in [7, 11) is 0. The number of hydrogen-bond donors (Lipinski definition) is 0. The highest BCUT2D eigenvalue weighted by Gasteiger charge is 2.14. The van der Waals surface area contributed by atoms with Gasteiger partial charge >= 0.3 is 0 Å². The van der Waals surface area contributed by atoms with Crippen molar-refractivity contribution in [2.75, 3.05) is 6.54 Å². The van der Waals surface area contributed by atoms with Crippen LogP contribution in [0.4, 0.5) is 4.39 Å². The minimum Gasteiger partial charge on any atom is -0.338 e. The molecule has 6 heteroatoms. The van der Waals surface area contributed by atoms with Crippen LogP contribution in [-0.4, -0.2) is 21.6 Å². The lowest BCUT2D eigenvalue weighted by atomic mass is 10.1. The van der Waals surface area contributed by atoms with Gasteiger partial charge in [-0.1, -0.05) is 29.4 Å². The fourth-order valence-electron chi connectivity index (χ4n) is 2.35. The lowest BCUT2D eigenvalue weighted by molar-refractivity contribution is 0.241. The molecule has 0 aliphatic rings. The molecule has 1 aromatic carbocycles. The summed E-state index contributed by atoms with van der Waals surface area (Å²) in [5.74, 6) is 0.632. The van der Waals surface area contributed by atoms with E-state index in [-0.39, 0.29) is 5.82 Å². The van der Waals surface area contributed by atoms with E-state index >= 15 is 0 Å². The maximum absolute atomic E-state index is 13.7. The van der Waals surface area contributed by atoms with Crippen LogP contribution in [0.5, 0.6) is 0 Å². The van der Waals surface area contributed by atoms with Crippen molar-refractivity contribution in [2.45, 2.75) is 20.0 Å². The Hall–Kier alpha value is -2.31. The molecule has 0 radical (unpaired) electrons. The molecule has 2 heterocycles. The molecule has 0 aliphatic heterocycles. The maximum atomic E-state index is 13.7. The number of rotatable bonds is 7. The zero-order valence-corrected chi connectivity index (χ0v) is 14.2. The molecule has 0 aliphatic carbocycles. The van der Waals surface area contributed by atoms with Crippen LogP contribution in [0, 0.1) is 12.7 Å².